The Morgan fingerprint density at radius 3 is 2.63 bits per heavy atom. The van der Waals surface area contributed by atoms with E-state index in [2.05, 4.69) is 15.3 Å². The first-order valence-electron chi connectivity index (χ1n) is 8.49. The number of aryl methyl sites for hydroxylation is 1. The Balaban J connectivity index is 1.71. The van der Waals surface area contributed by atoms with Gasteiger partial charge < -0.3 is 10.1 Å². The Morgan fingerprint density at radius 2 is 1.93 bits per heavy atom. The fourth-order valence-electron chi connectivity index (χ4n) is 3.01. The number of fused-ring (bicyclic) bond motifs is 1. The third-order valence-corrected chi connectivity index (χ3v) is 4.47. The second-order valence-electron chi connectivity index (χ2n) is 6.16. The van der Waals surface area contributed by atoms with E-state index in [0.29, 0.717) is 11.4 Å². The zero-order chi connectivity index (χ0) is 18.8. The normalized spacial score (nSPS) is 10.7. The van der Waals surface area contributed by atoms with E-state index in [1.54, 1.807) is 19.4 Å². The number of benzene rings is 2. The van der Waals surface area contributed by atoms with Crippen LogP contribution in [-0.4, -0.2) is 27.8 Å². The van der Waals surface area contributed by atoms with Gasteiger partial charge in [-0.2, -0.15) is 0 Å². The molecule has 0 amide bonds. The molecular formula is C21H18N4O2. The molecule has 0 aliphatic heterocycles. The molecular weight excluding hydrogens is 340 g/mol. The molecule has 134 valence electrons. The van der Waals surface area contributed by atoms with E-state index in [-0.39, 0.29) is 0 Å². The van der Waals surface area contributed by atoms with Gasteiger partial charge in [-0.3, -0.25) is 9.20 Å². The van der Waals surface area contributed by atoms with Crippen LogP contribution in [0.5, 0.6) is 5.75 Å². The molecule has 0 radical (unpaired) electrons. The number of anilines is 2. The number of ether oxygens (including phenoxy) is 1. The van der Waals surface area contributed by atoms with Crippen molar-refractivity contribution in [2.45, 2.75) is 6.92 Å². The minimum Gasteiger partial charge on any atom is -0.497 e. The number of imidazole rings is 1. The topological polar surface area (TPSA) is 68.5 Å². The zero-order valence-corrected chi connectivity index (χ0v) is 15.0. The largest absolute Gasteiger partial charge is 0.497 e. The molecule has 0 saturated heterocycles. The highest BCUT2D eigenvalue weighted by Crippen LogP contribution is 2.27. The lowest BCUT2D eigenvalue weighted by atomic mass is 10.1. The molecule has 27 heavy (non-hydrogen) atoms. The van der Waals surface area contributed by atoms with Gasteiger partial charge in [-0.15, -0.1) is 0 Å². The van der Waals surface area contributed by atoms with Gasteiger partial charge in [0.15, 0.2) is 11.5 Å². The summed E-state index contributed by atoms with van der Waals surface area (Å²) in [4.78, 5) is 20.0. The van der Waals surface area contributed by atoms with Crippen LogP contribution in [0.3, 0.4) is 0 Å². The van der Waals surface area contributed by atoms with Crippen molar-refractivity contribution in [1.29, 1.82) is 0 Å². The lowest BCUT2D eigenvalue weighted by Crippen LogP contribution is -1.99. The molecule has 0 bridgehead atoms. The molecule has 2 aromatic heterocycles. The molecule has 2 heterocycles. The molecule has 1 N–H and O–H groups in total. The van der Waals surface area contributed by atoms with Gasteiger partial charge in [0.25, 0.3) is 0 Å². The summed E-state index contributed by atoms with van der Waals surface area (Å²) in [7, 11) is 1.65. The maximum atomic E-state index is 11.0. The summed E-state index contributed by atoms with van der Waals surface area (Å²) in [5.41, 5.74) is 5.16. The van der Waals surface area contributed by atoms with Gasteiger partial charge in [0.05, 0.1) is 19.0 Å². The number of rotatable bonds is 5. The monoisotopic (exact) mass is 358 g/mol. The molecule has 0 unspecified atom stereocenters. The molecule has 2 aromatic carbocycles. The first kappa shape index (κ1) is 16.8. The zero-order valence-electron chi connectivity index (χ0n) is 15.0. The highest BCUT2D eigenvalue weighted by molar-refractivity contribution is 5.80. The van der Waals surface area contributed by atoms with E-state index in [1.165, 1.54) is 0 Å². The third-order valence-electron chi connectivity index (χ3n) is 4.47. The van der Waals surface area contributed by atoms with Crippen molar-refractivity contribution in [3.63, 3.8) is 0 Å². The quantitative estimate of drug-likeness (QED) is 0.540. The lowest BCUT2D eigenvalue weighted by molar-refractivity contribution is 0.112. The lowest BCUT2D eigenvalue weighted by Gasteiger charge is -2.09. The average molecular weight is 358 g/mol. The molecule has 4 rings (SSSR count). The summed E-state index contributed by atoms with van der Waals surface area (Å²) >= 11 is 0. The highest BCUT2D eigenvalue weighted by atomic mass is 16.5. The van der Waals surface area contributed by atoms with Crippen molar-refractivity contribution >= 4 is 23.4 Å². The standard InChI is InChI=1S/C21H18N4O2/c1-14-11-17(6-3-16(14)13-26)24-20-21-23-12-19(25(21)10-9-22-20)15-4-7-18(27-2)8-5-15/h3-13H,1-2H3,(H,22,24). The van der Waals surface area contributed by atoms with E-state index in [1.807, 2.05) is 60.1 Å². The maximum Gasteiger partial charge on any atom is 0.180 e. The van der Waals surface area contributed by atoms with Gasteiger partial charge in [-0.05, 0) is 55.0 Å². The van der Waals surface area contributed by atoms with Crippen LogP contribution in [0.25, 0.3) is 16.9 Å². The number of nitrogens with one attached hydrogen (secondary N) is 1. The van der Waals surface area contributed by atoms with Gasteiger partial charge in [0, 0.05) is 29.2 Å². The smallest absolute Gasteiger partial charge is 0.180 e. The van der Waals surface area contributed by atoms with Crippen molar-refractivity contribution in [3.8, 4) is 17.0 Å². The van der Waals surface area contributed by atoms with Crippen LogP contribution in [-0.2, 0) is 0 Å². The van der Waals surface area contributed by atoms with Crippen molar-refractivity contribution in [2.24, 2.45) is 0 Å². The molecule has 4 aromatic rings. The summed E-state index contributed by atoms with van der Waals surface area (Å²) in [6.45, 7) is 1.90. The molecule has 0 fully saturated rings. The predicted molar refractivity (Wildman–Crippen MR) is 105 cm³/mol. The molecule has 0 spiro atoms. The predicted octanol–water partition coefficient (Wildman–Crippen LogP) is 4.27. The van der Waals surface area contributed by atoms with Crippen molar-refractivity contribution < 1.29 is 9.53 Å². The first-order chi connectivity index (χ1) is 13.2. The minimum atomic E-state index is 0.649. The Labute approximate surface area is 156 Å². The number of hydrogen-bond donors (Lipinski definition) is 1. The van der Waals surface area contributed by atoms with Crippen molar-refractivity contribution in [2.75, 3.05) is 12.4 Å². The summed E-state index contributed by atoms with van der Waals surface area (Å²) in [5.74, 6) is 1.46. The maximum absolute atomic E-state index is 11.0. The van der Waals surface area contributed by atoms with Crippen LogP contribution in [0.15, 0.2) is 61.1 Å². The van der Waals surface area contributed by atoms with Crippen LogP contribution in [0.4, 0.5) is 11.5 Å². The van der Waals surface area contributed by atoms with E-state index in [4.69, 9.17) is 4.74 Å². The molecule has 0 atom stereocenters. The van der Waals surface area contributed by atoms with Crippen LogP contribution < -0.4 is 10.1 Å². The second kappa shape index (κ2) is 6.92. The van der Waals surface area contributed by atoms with Gasteiger partial charge in [-0.1, -0.05) is 0 Å². The van der Waals surface area contributed by atoms with Crippen LogP contribution >= 0.6 is 0 Å². The number of carbonyl (C=O) groups is 1. The van der Waals surface area contributed by atoms with Gasteiger partial charge in [-0.25, -0.2) is 9.97 Å². The summed E-state index contributed by atoms with van der Waals surface area (Å²) in [6.07, 6.45) is 6.29. The average Bonchev–Trinajstić information content (AvgIpc) is 3.13. The van der Waals surface area contributed by atoms with Crippen LogP contribution in [0, 0.1) is 6.92 Å². The Bertz CT molecular complexity index is 1120. The van der Waals surface area contributed by atoms with Gasteiger partial charge in [0.2, 0.25) is 0 Å². The van der Waals surface area contributed by atoms with Crippen molar-refractivity contribution in [1.82, 2.24) is 14.4 Å². The number of aldehydes is 1. The molecule has 0 aliphatic rings. The molecule has 6 nitrogen and oxygen atoms in total. The van der Waals surface area contributed by atoms with Gasteiger partial charge >= 0.3 is 0 Å². The van der Waals surface area contributed by atoms with Gasteiger partial charge in [0.1, 0.15) is 12.0 Å². The number of nitrogens with zero attached hydrogens (tertiary/aromatic N) is 3. The van der Waals surface area contributed by atoms with E-state index < -0.39 is 0 Å². The molecule has 0 aliphatic carbocycles. The number of hydrogen-bond acceptors (Lipinski definition) is 5. The summed E-state index contributed by atoms with van der Waals surface area (Å²) in [6, 6.07) is 13.4. The minimum absolute atomic E-state index is 0.649. The number of methoxy groups -OCH3 is 1. The Morgan fingerprint density at radius 1 is 1.11 bits per heavy atom. The fraction of sp³-hybridized carbons (Fsp3) is 0.0952. The summed E-state index contributed by atoms with van der Waals surface area (Å²) in [5, 5.41) is 3.29. The van der Waals surface area contributed by atoms with E-state index >= 15 is 0 Å². The fourth-order valence-corrected chi connectivity index (χ4v) is 3.01. The Kier molecular flexibility index (Phi) is 4.30. The van der Waals surface area contributed by atoms with E-state index in [9.17, 15) is 4.79 Å². The SMILES string of the molecule is COc1ccc(-c2cnc3c(Nc4ccc(C=O)c(C)c4)nccn23)cc1. The van der Waals surface area contributed by atoms with Crippen LogP contribution in [0.2, 0.25) is 0 Å². The van der Waals surface area contributed by atoms with Crippen LogP contribution in [0.1, 0.15) is 15.9 Å². The third kappa shape index (κ3) is 3.13. The molecule has 6 heteroatoms. The second-order valence-corrected chi connectivity index (χ2v) is 6.16. The molecule has 0 saturated carbocycles. The highest BCUT2D eigenvalue weighted by Gasteiger charge is 2.11. The number of carbonyl (C=O) groups excluding carboxylic acids is 1. The van der Waals surface area contributed by atoms with Crippen molar-refractivity contribution in [3.05, 3.63) is 72.2 Å². The van der Waals surface area contributed by atoms with E-state index in [0.717, 1.165) is 40.2 Å². The summed E-state index contributed by atoms with van der Waals surface area (Å²) < 4.78 is 7.21. The first-order valence-corrected chi connectivity index (χ1v) is 8.49. The number of aromatic nitrogens is 3. The Hall–Kier alpha value is -3.67.